The third-order valence-electron chi connectivity index (χ3n) is 4.56. The van der Waals surface area contributed by atoms with Crippen molar-refractivity contribution < 1.29 is 23.0 Å². The first kappa shape index (κ1) is 16.8. The van der Waals surface area contributed by atoms with Crippen molar-refractivity contribution in [1.29, 1.82) is 0 Å². The molecule has 2 heterocycles. The maximum Gasteiger partial charge on any atom is 0.586 e. The van der Waals surface area contributed by atoms with Crippen molar-refractivity contribution in [2.75, 3.05) is 11.1 Å². The van der Waals surface area contributed by atoms with Crippen LogP contribution in [0.4, 0.5) is 14.5 Å². The van der Waals surface area contributed by atoms with E-state index in [9.17, 15) is 13.6 Å². The fraction of sp³-hybridized carbons (Fsp3) is 0.471. The number of thioether (sulfide) groups is 1. The predicted molar refractivity (Wildman–Crippen MR) is 92.3 cm³/mol. The summed E-state index contributed by atoms with van der Waals surface area (Å²) in [6, 6.07) is 4.60. The van der Waals surface area contributed by atoms with Crippen molar-refractivity contribution in [3.05, 3.63) is 24.0 Å². The Kier molecular flexibility index (Phi) is 3.78. The SMILES string of the molecule is O=C(CSc1nnc(C2CC2)n1C1CC1)Nc1ccc2c(c1)OC(F)(F)O2. The number of anilines is 1. The van der Waals surface area contributed by atoms with E-state index in [1.807, 2.05) is 0 Å². The second-order valence-electron chi connectivity index (χ2n) is 6.88. The predicted octanol–water partition coefficient (Wildman–Crippen LogP) is 3.54. The van der Waals surface area contributed by atoms with Gasteiger partial charge in [0.2, 0.25) is 5.91 Å². The Bertz CT molecular complexity index is 912. The number of amides is 1. The van der Waals surface area contributed by atoms with Crippen LogP contribution in [0.15, 0.2) is 23.4 Å². The first-order chi connectivity index (χ1) is 13.0. The van der Waals surface area contributed by atoms with Crippen LogP contribution in [0.2, 0.25) is 0 Å². The molecule has 2 fully saturated rings. The average Bonchev–Trinajstić information content (AvgIpc) is 3.54. The monoisotopic (exact) mass is 394 g/mol. The fourth-order valence-corrected chi connectivity index (χ4v) is 3.85. The highest BCUT2D eigenvalue weighted by Crippen LogP contribution is 2.46. The number of carbonyl (C=O) groups is 1. The van der Waals surface area contributed by atoms with Crippen LogP contribution in [0.3, 0.4) is 0 Å². The highest BCUT2D eigenvalue weighted by molar-refractivity contribution is 7.99. The molecule has 1 N–H and O–H groups in total. The maximum absolute atomic E-state index is 13.1. The number of ether oxygens (including phenoxy) is 2. The molecule has 0 saturated heterocycles. The third kappa shape index (κ3) is 3.45. The van der Waals surface area contributed by atoms with Gasteiger partial charge in [0.15, 0.2) is 16.7 Å². The Morgan fingerprint density at radius 1 is 1.22 bits per heavy atom. The van der Waals surface area contributed by atoms with Gasteiger partial charge in [-0.05, 0) is 37.8 Å². The first-order valence-corrected chi connectivity index (χ1v) is 9.74. The van der Waals surface area contributed by atoms with Gasteiger partial charge in [-0.15, -0.1) is 19.0 Å². The van der Waals surface area contributed by atoms with Crippen LogP contribution in [0.1, 0.15) is 43.5 Å². The Morgan fingerprint density at radius 3 is 2.74 bits per heavy atom. The molecule has 1 amide bonds. The van der Waals surface area contributed by atoms with Crippen molar-refractivity contribution in [2.24, 2.45) is 0 Å². The van der Waals surface area contributed by atoms with Crippen LogP contribution < -0.4 is 14.8 Å². The van der Waals surface area contributed by atoms with Crippen molar-refractivity contribution >= 4 is 23.4 Å². The standard InChI is InChI=1S/C17H16F2N4O3S/c18-17(19)25-12-6-3-10(7-13(12)26-17)20-14(24)8-27-16-22-21-15(9-1-2-9)23(16)11-4-5-11/h3,6-7,9,11H,1-2,4-5,8H2,(H,20,24). The van der Waals surface area contributed by atoms with E-state index in [1.54, 1.807) is 0 Å². The number of aromatic nitrogens is 3. The molecule has 7 nitrogen and oxygen atoms in total. The molecule has 2 aromatic rings. The third-order valence-corrected chi connectivity index (χ3v) is 5.51. The summed E-state index contributed by atoms with van der Waals surface area (Å²) in [5, 5.41) is 12.0. The number of hydrogen-bond acceptors (Lipinski definition) is 6. The number of nitrogens with one attached hydrogen (secondary N) is 1. The molecule has 1 aromatic carbocycles. The van der Waals surface area contributed by atoms with Gasteiger partial charge in [-0.1, -0.05) is 11.8 Å². The van der Waals surface area contributed by atoms with Crippen LogP contribution in [0.25, 0.3) is 0 Å². The van der Waals surface area contributed by atoms with Crippen LogP contribution in [0.5, 0.6) is 11.5 Å². The summed E-state index contributed by atoms with van der Waals surface area (Å²) in [4.78, 5) is 12.3. The maximum atomic E-state index is 13.1. The van der Waals surface area contributed by atoms with E-state index >= 15 is 0 Å². The summed E-state index contributed by atoms with van der Waals surface area (Å²) in [6.07, 6.45) is 0.879. The van der Waals surface area contributed by atoms with Crippen molar-refractivity contribution in [1.82, 2.24) is 14.8 Å². The lowest BCUT2D eigenvalue weighted by Crippen LogP contribution is -2.25. The topological polar surface area (TPSA) is 78.3 Å². The van der Waals surface area contributed by atoms with E-state index in [0.717, 1.165) is 36.7 Å². The number of halogens is 2. The smallest absolute Gasteiger partial charge is 0.395 e. The zero-order valence-electron chi connectivity index (χ0n) is 14.2. The lowest BCUT2D eigenvalue weighted by molar-refractivity contribution is -0.286. The van der Waals surface area contributed by atoms with Gasteiger partial charge in [0, 0.05) is 23.7 Å². The molecular formula is C17H16F2N4O3S. The molecule has 10 heteroatoms. The lowest BCUT2D eigenvalue weighted by atomic mass is 10.3. The molecule has 3 aliphatic rings. The molecular weight excluding hydrogens is 378 g/mol. The van der Waals surface area contributed by atoms with Gasteiger partial charge in [-0.3, -0.25) is 4.79 Å². The Hall–Kier alpha value is -2.36. The molecule has 0 unspecified atom stereocenters. The van der Waals surface area contributed by atoms with Gasteiger partial charge in [0.05, 0.1) is 5.75 Å². The lowest BCUT2D eigenvalue weighted by Gasteiger charge is -2.08. The fourth-order valence-electron chi connectivity index (χ4n) is 3.04. The van der Waals surface area contributed by atoms with Gasteiger partial charge in [0.25, 0.3) is 0 Å². The Balaban J connectivity index is 1.22. The molecule has 0 bridgehead atoms. The second-order valence-corrected chi connectivity index (χ2v) is 7.82. The molecule has 2 aliphatic carbocycles. The van der Waals surface area contributed by atoms with Gasteiger partial charge in [0.1, 0.15) is 5.82 Å². The first-order valence-electron chi connectivity index (χ1n) is 8.76. The molecule has 0 radical (unpaired) electrons. The number of carbonyl (C=O) groups excluding carboxylic acids is 1. The number of alkyl halides is 2. The zero-order valence-corrected chi connectivity index (χ0v) is 15.0. The highest BCUT2D eigenvalue weighted by atomic mass is 32.2. The summed E-state index contributed by atoms with van der Waals surface area (Å²) in [6.45, 7) is 0. The molecule has 2 saturated carbocycles. The number of hydrogen-bond donors (Lipinski definition) is 1. The quantitative estimate of drug-likeness (QED) is 0.755. The number of nitrogens with zero attached hydrogens (tertiary/aromatic N) is 3. The molecule has 1 aliphatic heterocycles. The van der Waals surface area contributed by atoms with Crippen molar-refractivity contribution in [2.45, 2.75) is 49.1 Å². The number of rotatable bonds is 6. The normalized spacial score (nSPS) is 19.9. The summed E-state index contributed by atoms with van der Waals surface area (Å²) in [5.41, 5.74) is 0.364. The zero-order chi connectivity index (χ0) is 18.6. The average molecular weight is 394 g/mol. The molecule has 142 valence electrons. The molecule has 1 aromatic heterocycles. The van der Waals surface area contributed by atoms with Gasteiger partial charge < -0.3 is 19.4 Å². The summed E-state index contributed by atoms with van der Waals surface area (Å²) >= 11 is 1.34. The second kappa shape index (κ2) is 6.08. The van der Waals surface area contributed by atoms with E-state index in [2.05, 4.69) is 29.6 Å². The van der Waals surface area contributed by atoms with E-state index in [4.69, 9.17) is 0 Å². The van der Waals surface area contributed by atoms with Gasteiger partial charge in [-0.2, -0.15) is 0 Å². The number of fused-ring (bicyclic) bond motifs is 1. The number of benzene rings is 1. The molecule has 5 rings (SSSR count). The highest BCUT2D eigenvalue weighted by Gasteiger charge is 2.43. The minimum Gasteiger partial charge on any atom is -0.395 e. The molecule has 0 atom stereocenters. The summed E-state index contributed by atoms with van der Waals surface area (Å²) < 4.78 is 37.0. The van der Waals surface area contributed by atoms with E-state index < -0.39 is 6.29 Å². The Labute approximate surface area is 157 Å². The van der Waals surface area contributed by atoms with Gasteiger partial charge in [-0.25, -0.2) is 0 Å². The van der Waals surface area contributed by atoms with Crippen LogP contribution >= 0.6 is 11.8 Å². The Morgan fingerprint density at radius 2 is 2.00 bits per heavy atom. The van der Waals surface area contributed by atoms with E-state index in [-0.39, 0.29) is 23.2 Å². The summed E-state index contributed by atoms with van der Waals surface area (Å²) in [5.74, 6) is 1.28. The summed E-state index contributed by atoms with van der Waals surface area (Å²) in [7, 11) is 0. The minimum atomic E-state index is -3.67. The van der Waals surface area contributed by atoms with Crippen LogP contribution in [-0.4, -0.2) is 32.7 Å². The van der Waals surface area contributed by atoms with Crippen molar-refractivity contribution in [3.63, 3.8) is 0 Å². The van der Waals surface area contributed by atoms with Crippen LogP contribution in [-0.2, 0) is 4.79 Å². The largest absolute Gasteiger partial charge is 0.586 e. The van der Waals surface area contributed by atoms with Crippen LogP contribution in [0, 0.1) is 0 Å². The molecule has 0 spiro atoms. The van der Waals surface area contributed by atoms with Gasteiger partial charge >= 0.3 is 6.29 Å². The minimum absolute atomic E-state index is 0.0579. The van der Waals surface area contributed by atoms with Crippen molar-refractivity contribution in [3.8, 4) is 11.5 Å². The van der Waals surface area contributed by atoms with E-state index in [0.29, 0.717) is 17.6 Å². The molecule has 27 heavy (non-hydrogen) atoms. The van der Waals surface area contributed by atoms with E-state index in [1.165, 1.54) is 30.0 Å².